The van der Waals surface area contributed by atoms with E-state index in [2.05, 4.69) is 31.3 Å². The molecular weight excluding hydrogens is 226 g/mol. The second-order valence-electron chi connectivity index (χ2n) is 4.38. The van der Waals surface area contributed by atoms with Crippen LogP contribution in [0.5, 0.6) is 11.5 Å². The lowest BCUT2D eigenvalue weighted by molar-refractivity contribution is 0.392. The minimum absolute atomic E-state index is 0.527. The molecule has 18 heavy (non-hydrogen) atoms. The molecule has 1 N–H and O–H groups in total. The van der Waals surface area contributed by atoms with Crippen LogP contribution in [0.3, 0.4) is 0 Å². The lowest BCUT2D eigenvalue weighted by Gasteiger charge is -2.09. The third-order valence-corrected chi connectivity index (χ3v) is 2.61. The van der Waals surface area contributed by atoms with Crippen LogP contribution in [0.4, 0.5) is 0 Å². The molecule has 0 unspecified atom stereocenters. The van der Waals surface area contributed by atoms with Gasteiger partial charge in [-0.1, -0.05) is 32.1 Å². The van der Waals surface area contributed by atoms with E-state index in [9.17, 15) is 0 Å². The van der Waals surface area contributed by atoms with E-state index in [1.807, 2.05) is 18.2 Å². The maximum atomic E-state index is 5.34. The van der Waals surface area contributed by atoms with E-state index in [0.29, 0.717) is 6.04 Å². The topological polar surface area (TPSA) is 30.5 Å². The summed E-state index contributed by atoms with van der Waals surface area (Å²) in [6, 6.07) is 6.33. The zero-order valence-electron chi connectivity index (χ0n) is 11.7. The van der Waals surface area contributed by atoms with Crippen LogP contribution in [0, 0.1) is 0 Å². The van der Waals surface area contributed by atoms with Gasteiger partial charge in [0, 0.05) is 6.04 Å². The van der Waals surface area contributed by atoms with Crippen molar-refractivity contribution in [2.75, 3.05) is 20.8 Å². The van der Waals surface area contributed by atoms with Gasteiger partial charge in [-0.3, -0.25) is 0 Å². The molecule has 1 aromatic rings. The predicted octanol–water partition coefficient (Wildman–Crippen LogP) is 3.11. The quantitative estimate of drug-likeness (QED) is 0.753. The fraction of sp³-hybridized carbons (Fsp3) is 0.467. The summed E-state index contributed by atoms with van der Waals surface area (Å²) in [5, 5.41) is 3.38. The lowest BCUT2D eigenvalue weighted by atomic mass is 10.1. The molecule has 0 aliphatic heterocycles. The minimum atomic E-state index is 0.527. The Kier molecular flexibility index (Phi) is 6.29. The molecule has 0 heterocycles. The average molecular weight is 249 g/mol. The van der Waals surface area contributed by atoms with Crippen LogP contribution in [0.25, 0.3) is 6.08 Å². The molecule has 0 atom stereocenters. The molecule has 3 nitrogen and oxygen atoms in total. The summed E-state index contributed by atoms with van der Waals surface area (Å²) in [6.45, 7) is 5.27. The summed E-state index contributed by atoms with van der Waals surface area (Å²) < 4.78 is 10.7. The number of benzene rings is 1. The molecule has 0 fully saturated rings. The second kappa shape index (κ2) is 7.77. The molecular formula is C15H23NO2. The molecule has 1 aromatic carbocycles. The molecule has 0 bridgehead atoms. The van der Waals surface area contributed by atoms with E-state index in [-0.39, 0.29) is 0 Å². The van der Waals surface area contributed by atoms with Crippen molar-refractivity contribution in [1.29, 1.82) is 0 Å². The summed E-state index contributed by atoms with van der Waals surface area (Å²) >= 11 is 0. The lowest BCUT2D eigenvalue weighted by Crippen LogP contribution is -2.23. The van der Waals surface area contributed by atoms with Gasteiger partial charge in [0.2, 0.25) is 0 Å². The SMILES string of the molecule is COc1cccc(OC)c1/C=C/CCNC(C)C. The highest BCUT2D eigenvalue weighted by Crippen LogP contribution is 2.29. The number of hydrogen-bond acceptors (Lipinski definition) is 3. The maximum absolute atomic E-state index is 5.34. The Hall–Kier alpha value is -1.48. The van der Waals surface area contributed by atoms with Crippen molar-refractivity contribution in [3.8, 4) is 11.5 Å². The summed E-state index contributed by atoms with van der Waals surface area (Å²) in [7, 11) is 3.35. The summed E-state index contributed by atoms with van der Waals surface area (Å²) in [6.07, 6.45) is 5.18. The first-order valence-electron chi connectivity index (χ1n) is 6.30. The molecule has 0 spiro atoms. The largest absolute Gasteiger partial charge is 0.496 e. The van der Waals surface area contributed by atoms with Crippen LogP contribution in [0.1, 0.15) is 25.8 Å². The van der Waals surface area contributed by atoms with E-state index in [0.717, 1.165) is 30.0 Å². The van der Waals surface area contributed by atoms with Gasteiger partial charge in [-0.15, -0.1) is 0 Å². The smallest absolute Gasteiger partial charge is 0.129 e. The summed E-state index contributed by atoms with van der Waals surface area (Å²) in [4.78, 5) is 0. The molecule has 0 aliphatic carbocycles. The highest BCUT2D eigenvalue weighted by molar-refractivity contribution is 5.64. The summed E-state index contributed by atoms with van der Waals surface area (Å²) in [5.41, 5.74) is 0.993. The third kappa shape index (κ3) is 4.41. The van der Waals surface area contributed by atoms with Gasteiger partial charge in [-0.25, -0.2) is 0 Å². The van der Waals surface area contributed by atoms with Gasteiger partial charge in [-0.05, 0) is 25.1 Å². The van der Waals surface area contributed by atoms with Crippen LogP contribution in [0.2, 0.25) is 0 Å². The van der Waals surface area contributed by atoms with Crippen LogP contribution in [-0.4, -0.2) is 26.8 Å². The Labute approximate surface area is 110 Å². The van der Waals surface area contributed by atoms with Crippen molar-refractivity contribution in [3.05, 3.63) is 29.8 Å². The first kappa shape index (κ1) is 14.6. The third-order valence-electron chi connectivity index (χ3n) is 2.61. The van der Waals surface area contributed by atoms with Crippen LogP contribution >= 0.6 is 0 Å². The molecule has 0 radical (unpaired) electrons. The van der Waals surface area contributed by atoms with Gasteiger partial charge in [-0.2, -0.15) is 0 Å². The monoisotopic (exact) mass is 249 g/mol. The van der Waals surface area contributed by atoms with Crippen molar-refractivity contribution in [2.45, 2.75) is 26.3 Å². The van der Waals surface area contributed by atoms with Gasteiger partial charge in [0.15, 0.2) is 0 Å². The Morgan fingerprint density at radius 1 is 1.17 bits per heavy atom. The first-order chi connectivity index (χ1) is 8.69. The minimum Gasteiger partial charge on any atom is -0.496 e. The van der Waals surface area contributed by atoms with Crippen molar-refractivity contribution in [1.82, 2.24) is 5.32 Å². The Morgan fingerprint density at radius 3 is 2.28 bits per heavy atom. The second-order valence-corrected chi connectivity index (χ2v) is 4.38. The van der Waals surface area contributed by atoms with Crippen molar-refractivity contribution in [3.63, 3.8) is 0 Å². The van der Waals surface area contributed by atoms with Crippen LogP contribution in [-0.2, 0) is 0 Å². The van der Waals surface area contributed by atoms with E-state index in [1.54, 1.807) is 14.2 Å². The number of hydrogen-bond donors (Lipinski definition) is 1. The molecule has 0 aliphatic rings. The number of rotatable bonds is 7. The van der Waals surface area contributed by atoms with Gasteiger partial charge >= 0.3 is 0 Å². The number of ether oxygens (including phenoxy) is 2. The molecule has 1 rings (SSSR count). The first-order valence-corrected chi connectivity index (χ1v) is 6.30. The number of nitrogens with one attached hydrogen (secondary N) is 1. The molecule has 0 aromatic heterocycles. The van der Waals surface area contributed by atoms with Crippen LogP contribution < -0.4 is 14.8 Å². The highest BCUT2D eigenvalue weighted by Gasteiger charge is 2.05. The van der Waals surface area contributed by atoms with Gasteiger partial charge in [0.05, 0.1) is 19.8 Å². The zero-order valence-corrected chi connectivity index (χ0v) is 11.7. The van der Waals surface area contributed by atoms with Gasteiger partial charge in [0.25, 0.3) is 0 Å². The molecule has 0 amide bonds. The van der Waals surface area contributed by atoms with E-state index >= 15 is 0 Å². The van der Waals surface area contributed by atoms with Gasteiger partial charge in [0.1, 0.15) is 11.5 Å². The van der Waals surface area contributed by atoms with Gasteiger partial charge < -0.3 is 14.8 Å². The fourth-order valence-electron chi connectivity index (χ4n) is 1.70. The Morgan fingerprint density at radius 2 is 1.78 bits per heavy atom. The standard InChI is InChI=1S/C15H23NO2/c1-12(2)16-11-6-5-8-13-14(17-3)9-7-10-15(13)18-4/h5,7-10,12,16H,6,11H2,1-4H3/b8-5+. The zero-order chi connectivity index (χ0) is 13.4. The maximum Gasteiger partial charge on any atom is 0.129 e. The molecule has 100 valence electrons. The Balaban J connectivity index is 2.67. The Bertz CT molecular complexity index is 364. The number of methoxy groups -OCH3 is 2. The van der Waals surface area contributed by atoms with Crippen molar-refractivity contribution >= 4 is 6.08 Å². The van der Waals surface area contributed by atoms with E-state index in [1.165, 1.54) is 0 Å². The van der Waals surface area contributed by atoms with E-state index in [4.69, 9.17) is 9.47 Å². The normalized spacial score (nSPS) is 11.2. The average Bonchev–Trinajstić information content (AvgIpc) is 2.37. The molecule has 3 heteroatoms. The predicted molar refractivity (Wildman–Crippen MR) is 76.3 cm³/mol. The van der Waals surface area contributed by atoms with Crippen LogP contribution in [0.15, 0.2) is 24.3 Å². The van der Waals surface area contributed by atoms with Crippen molar-refractivity contribution < 1.29 is 9.47 Å². The summed E-state index contributed by atoms with van der Waals surface area (Å²) in [5.74, 6) is 1.67. The molecule has 0 saturated carbocycles. The highest BCUT2D eigenvalue weighted by atomic mass is 16.5. The van der Waals surface area contributed by atoms with E-state index < -0.39 is 0 Å². The molecule has 0 saturated heterocycles. The fourth-order valence-corrected chi connectivity index (χ4v) is 1.70. The van der Waals surface area contributed by atoms with Crippen molar-refractivity contribution in [2.24, 2.45) is 0 Å².